The van der Waals surface area contributed by atoms with Gasteiger partial charge in [-0.15, -0.1) is 19.3 Å². The van der Waals surface area contributed by atoms with Crippen molar-refractivity contribution in [3.63, 3.8) is 0 Å². The number of carbonyl (C=O) groups excluding carboxylic acids is 5. The highest BCUT2D eigenvalue weighted by Crippen LogP contribution is 2.27. The normalized spacial score (nSPS) is 10.6. The summed E-state index contributed by atoms with van der Waals surface area (Å²) in [5.74, 6) is 5.65. The van der Waals surface area contributed by atoms with E-state index >= 15 is 0 Å². The maximum atomic E-state index is 13.4. The molecule has 0 unspecified atom stereocenters. The monoisotopic (exact) mass is 738 g/mol. The van der Waals surface area contributed by atoms with Crippen molar-refractivity contribution in [3.8, 4) is 42.8 Å². The van der Waals surface area contributed by atoms with Crippen molar-refractivity contribution in [1.29, 1.82) is 0 Å². The van der Waals surface area contributed by atoms with Gasteiger partial charge in [0.2, 0.25) is 23.6 Å². The number of carbonyl (C=O) groups is 5. The van der Waals surface area contributed by atoms with E-state index in [4.69, 9.17) is 43.0 Å². The molecule has 0 aliphatic heterocycles. The number of aryl methyl sites for hydroxylation is 1. The van der Waals surface area contributed by atoms with E-state index in [1.54, 1.807) is 12.1 Å². The molecule has 1 rings (SSSR count). The summed E-state index contributed by atoms with van der Waals surface area (Å²) in [4.78, 5) is 64.4. The summed E-state index contributed by atoms with van der Waals surface area (Å²) in [5, 5.41) is 11.3. The molecule has 1 aromatic rings. The second kappa shape index (κ2) is 29.6. The number of hydrogen-bond acceptors (Lipinski definition) is 10. The van der Waals surface area contributed by atoms with Crippen LogP contribution in [0.4, 0.5) is 0 Å². The van der Waals surface area contributed by atoms with E-state index in [0.29, 0.717) is 19.0 Å². The van der Waals surface area contributed by atoms with Gasteiger partial charge >= 0.3 is 5.97 Å². The summed E-state index contributed by atoms with van der Waals surface area (Å²) >= 11 is 0. The molecule has 4 N–H and O–H groups in total. The Kier molecular flexibility index (Phi) is 25.8. The Hall–Kier alpha value is -4.91. The molecule has 0 radical (unpaired) electrons. The van der Waals surface area contributed by atoms with Gasteiger partial charge in [-0.05, 0) is 44.7 Å². The van der Waals surface area contributed by atoms with E-state index in [-0.39, 0.29) is 135 Å². The first-order chi connectivity index (χ1) is 25.6. The topological polar surface area (TPSA) is 180 Å². The van der Waals surface area contributed by atoms with Gasteiger partial charge in [-0.1, -0.05) is 35.5 Å². The van der Waals surface area contributed by atoms with Gasteiger partial charge in [0, 0.05) is 57.3 Å². The fourth-order valence-corrected chi connectivity index (χ4v) is 4.83. The van der Waals surface area contributed by atoms with Crippen molar-refractivity contribution < 1.29 is 47.7 Å². The molecule has 1 aromatic carbocycles. The van der Waals surface area contributed by atoms with Crippen molar-refractivity contribution >= 4 is 29.6 Å². The van der Waals surface area contributed by atoms with Crippen LogP contribution in [0, 0.1) is 44.0 Å². The number of amides is 4. The smallest absolute Gasteiger partial charge is 0.311 e. The van der Waals surface area contributed by atoms with E-state index in [2.05, 4.69) is 39.0 Å². The number of ether oxygens (including phenoxy) is 5. The molecule has 0 fully saturated rings. The summed E-state index contributed by atoms with van der Waals surface area (Å²) in [5.41, 5.74) is -0.107. The molecule has 14 heteroatoms. The minimum absolute atomic E-state index is 0.0108. The standard InChI is InChI=1S/C39H54N4O10/c1-5-24-49-27-21-40-34(44)15-18-39(19-16-35(45)41-22-28-50-25-6-2,20-17-36(46)42-23-29-52-31-30-51-26-7-3)43-37(47)9-8-10-38(48)53-33-13-11-32(4)12-14-33/h1-3,11-14H,8-10,15-31H2,4H3,(H,40,44)(H,41,45)(H,42,46)(H,43,47). The first-order valence-electron chi connectivity index (χ1n) is 17.6. The molecule has 290 valence electrons. The highest BCUT2D eigenvalue weighted by atomic mass is 16.5. The Balaban J connectivity index is 2.97. The molecule has 0 atom stereocenters. The number of benzene rings is 1. The Morgan fingerprint density at radius 3 is 1.49 bits per heavy atom. The second-order valence-electron chi connectivity index (χ2n) is 11.9. The van der Waals surface area contributed by atoms with Gasteiger partial charge in [0.25, 0.3) is 0 Å². The fourth-order valence-electron chi connectivity index (χ4n) is 4.83. The van der Waals surface area contributed by atoms with Crippen LogP contribution in [0.25, 0.3) is 0 Å². The first-order valence-corrected chi connectivity index (χ1v) is 17.6. The van der Waals surface area contributed by atoms with Crippen LogP contribution in [-0.2, 0) is 42.9 Å². The summed E-state index contributed by atoms with van der Waals surface area (Å²) in [6.45, 7) is 4.34. The zero-order valence-electron chi connectivity index (χ0n) is 30.8. The zero-order chi connectivity index (χ0) is 39.0. The molecule has 0 spiro atoms. The predicted molar refractivity (Wildman–Crippen MR) is 198 cm³/mol. The molecule has 53 heavy (non-hydrogen) atoms. The lowest BCUT2D eigenvalue weighted by Gasteiger charge is -2.35. The van der Waals surface area contributed by atoms with E-state index in [1.165, 1.54) is 0 Å². The van der Waals surface area contributed by atoms with Gasteiger partial charge in [0.05, 0.1) is 33.0 Å². The second-order valence-corrected chi connectivity index (χ2v) is 11.9. The maximum absolute atomic E-state index is 13.4. The molecule has 4 amide bonds. The highest BCUT2D eigenvalue weighted by Gasteiger charge is 2.33. The minimum atomic E-state index is -1.13. The predicted octanol–water partition coefficient (Wildman–Crippen LogP) is 1.58. The van der Waals surface area contributed by atoms with Crippen molar-refractivity contribution in [2.75, 3.05) is 72.5 Å². The van der Waals surface area contributed by atoms with Crippen molar-refractivity contribution in [3.05, 3.63) is 29.8 Å². The Morgan fingerprint density at radius 2 is 1.02 bits per heavy atom. The largest absolute Gasteiger partial charge is 0.427 e. The van der Waals surface area contributed by atoms with Gasteiger partial charge < -0.3 is 45.0 Å². The Morgan fingerprint density at radius 1 is 0.585 bits per heavy atom. The average molecular weight is 739 g/mol. The van der Waals surface area contributed by atoms with Gasteiger partial charge in [-0.2, -0.15) is 0 Å². The summed E-state index contributed by atoms with van der Waals surface area (Å²) in [7, 11) is 0. The van der Waals surface area contributed by atoms with Crippen molar-refractivity contribution in [2.45, 2.75) is 70.3 Å². The molecule has 14 nitrogen and oxygen atoms in total. The van der Waals surface area contributed by atoms with Crippen LogP contribution >= 0.6 is 0 Å². The molecule has 0 saturated carbocycles. The lowest BCUT2D eigenvalue weighted by atomic mass is 9.83. The van der Waals surface area contributed by atoms with Crippen molar-refractivity contribution in [1.82, 2.24) is 21.3 Å². The zero-order valence-corrected chi connectivity index (χ0v) is 30.8. The number of terminal acetylenes is 3. The molecular formula is C39H54N4O10. The number of rotatable bonds is 30. The summed E-state index contributed by atoms with van der Waals surface area (Å²) in [6.07, 6.45) is 16.0. The van der Waals surface area contributed by atoms with Crippen LogP contribution < -0.4 is 26.0 Å². The molecule has 0 saturated heterocycles. The third-order valence-electron chi connectivity index (χ3n) is 7.57. The quantitative estimate of drug-likeness (QED) is 0.0392. The van der Waals surface area contributed by atoms with Gasteiger partial charge in [0.15, 0.2) is 0 Å². The van der Waals surface area contributed by atoms with E-state index < -0.39 is 17.4 Å². The minimum Gasteiger partial charge on any atom is -0.427 e. The van der Waals surface area contributed by atoms with Gasteiger partial charge in [-0.3, -0.25) is 24.0 Å². The molecule has 0 aliphatic carbocycles. The lowest BCUT2D eigenvalue weighted by Crippen LogP contribution is -2.50. The molecular weight excluding hydrogens is 684 g/mol. The Labute approximate surface area is 313 Å². The van der Waals surface area contributed by atoms with Gasteiger partial charge in [0.1, 0.15) is 25.6 Å². The number of nitrogens with one attached hydrogen (secondary N) is 4. The van der Waals surface area contributed by atoms with Crippen LogP contribution in [0.2, 0.25) is 0 Å². The molecule has 0 aliphatic rings. The Bertz CT molecular complexity index is 1340. The SMILES string of the molecule is C#CCOCCNC(=O)CCC(CCC(=O)NCCOCC#C)(CCC(=O)NCCOCCOCC#C)NC(=O)CCCC(=O)Oc1ccc(C)cc1. The maximum Gasteiger partial charge on any atom is 0.311 e. The average Bonchev–Trinajstić information content (AvgIpc) is 3.14. The van der Waals surface area contributed by atoms with Crippen molar-refractivity contribution in [2.24, 2.45) is 0 Å². The third-order valence-corrected chi connectivity index (χ3v) is 7.57. The molecule has 0 bridgehead atoms. The fraction of sp³-hybridized carbons (Fsp3) is 0.564. The van der Waals surface area contributed by atoms with Crippen LogP contribution in [-0.4, -0.2) is 108 Å². The van der Waals surface area contributed by atoms with E-state index in [1.807, 2.05) is 19.1 Å². The lowest BCUT2D eigenvalue weighted by molar-refractivity contribution is -0.135. The first kappa shape index (κ1) is 46.1. The molecule has 0 heterocycles. The van der Waals surface area contributed by atoms with Crippen LogP contribution in [0.15, 0.2) is 24.3 Å². The third kappa shape index (κ3) is 24.8. The van der Waals surface area contributed by atoms with Gasteiger partial charge in [-0.25, -0.2) is 0 Å². The summed E-state index contributed by atoms with van der Waals surface area (Å²) < 4.78 is 26.4. The van der Waals surface area contributed by atoms with Crippen LogP contribution in [0.1, 0.15) is 63.4 Å². The summed E-state index contributed by atoms with van der Waals surface area (Å²) in [6, 6.07) is 7.03. The molecule has 0 aromatic heterocycles. The van der Waals surface area contributed by atoms with Crippen LogP contribution in [0.5, 0.6) is 5.75 Å². The van der Waals surface area contributed by atoms with E-state index in [0.717, 1.165) is 5.56 Å². The number of esters is 1. The number of hydrogen-bond donors (Lipinski definition) is 4. The highest BCUT2D eigenvalue weighted by molar-refractivity contribution is 5.80. The van der Waals surface area contributed by atoms with Crippen LogP contribution in [0.3, 0.4) is 0 Å². The van der Waals surface area contributed by atoms with E-state index in [9.17, 15) is 24.0 Å².